The second-order valence-corrected chi connectivity index (χ2v) is 8.88. The number of ether oxygens (including phenoxy) is 1. The first-order valence-electron chi connectivity index (χ1n) is 9.09. The van der Waals surface area contributed by atoms with Crippen molar-refractivity contribution < 1.29 is 31.1 Å². The zero-order chi connectivity index (χ0) is 23.7. The van der Waals surface area contributed by atoms with Crippen LogP contribution in [0.3, 0.4) is 0 Å². The number of carbonyl (C=O) groups excluding carboxylic acids is 1. The highest BCUT2D eigenvalue weighted by Gasteiger charge is 2.40. The van der Waals surface area contributed by atoms with E-state index in [0.717, 1.165) is 16.6 Å². The number of hydrogen-bond donors (Lipinski definition) is 1. The number of anilines is 1. The molecule has 0 atom stereocenters. The van der Waals surface area contributed by atoms with Crippen LogP contribution in [-0.2, 0) is 16.2 Å². The fourth-order valence-electron chi connectivity index (χ4n) is 2.90. The largest absolute Gasteiger partial charge is 0.495 e. The molecule has 170 valence electrons. The molecule has 0 fully saturated rings. The standard InChI is InChI=1S/C20H19F3N4O4S/c1-26(2)32(29,30)17-11-13(9-10-16(17)31-3)25-19(28)15-12-24-27(18(15)20(21,22)23)14-7-5-4-6-8-14/h4-12H,1-3H3,(H,25,28). The third kappa shape index (κ3) is 4.46. The molecule has 1 N–H and O–H groups in total. The van der Waals surface area contributed by atoms with E-state index in [2.05, 4.69) is 10.4 Å². The molecule has 32 heavy (non-hydrogen) atoms. The Morgan fingerprint density at radius 2 is 1.78 bits per heavy atom. The number of rotatable bonds is 6. The summed E-state index contributed by atoms with van der Waals surface area (Å²) in [6.45, 7) is 0. The molecular formula is C20H19F3N4O4S. The van der Waals surface area contributed by atoms with Crippen LogP contribution in [0, 0.1) is 0 Å². The molecule has 0 spiro atoms. The lowest BCUT2D eigenvalue weighted by atomic mass is 10.2. The van der Waals surface area contributed by atoms with Crippen LogP contribution in [0.25, 0.3) is 5.69 Å². The van der Waals surface area contributed by atoms with Gasteiger partial charge in [0.2, 0.25) is 10.0 Å². The number of carbonyl (C=O) groups is 1. The number of methoxy groups -OCH3 is 1. The number of nitrogens with one attached hydrogen (secondary N) is 1. The summed E-state index contributed by atoms with van der Waals surface area (Å²) in [7, 11) is -0.0455. The van der Waals surface area contributed by atoms with Crippen LogP contribution in [0.4, 0.5) is 18.9 Å². The van der Waals surface area contributed by atoms with Crippen molar-refractivity contribution in [2.24, 2.45) is 0 Å². The average Bonchev–Trinajstić information content (AvgIpc) is 3.20. The number of para-hydroxylation sites is 1. The molecular weight excluding hydrogens is 449 g/mol. The van der Waals surface area contributed by atoms with Crippen molar-refractivity contribution in [1.82, 2.24) is 14.1 Å². The highest BCUT2D eigenvalue weighted by molar-refractivity contribution is 7.89. The molecule has 3 rings (SSSR count). The smallest absolute Gasteiger partial charge is 0.434 e. The predicted molar refractivity (Wildman–Crippen MR) is 110 cm³/mol. The molecule has 0 aliphatic carbocycles. The number of benzene rings is 2. The number of halogens is 3. The molecule has 0 aliphatic heterocycles. The van der Waals surface area contributed by atoms with Gasteiger partial charge in [-0.1, -0.05) is 18.2 Å². The molecule has 0 saturated heterocycles. The first-order valence-corrected chi connectivity index (χ1v) is 10.5. The fraction of sp³-hybridized carbons (Fsp3) is 0.200. The Morgan fingerprint density at radius 1 is 1.12 bits per heavy atom. The summed E-state index contributed by atoms with van der Waals surface area (Å²) in [6, 6.07) is 11.3. The highest BCUT2D eigenvalue weighted by atomic mass is 32.2. The van der Waals surface area contributed by atoms with E-state index in [4.69, 9.17) is 4.74 Å². The van der Waals surface area contributed by atoms with E-state index < -0.39 is 33.4 Å². The predicted octanol–water partition coefficient (Wildman–Crippen LogP) is 3.40. The summed E-state index contributed by atoms with van der Waals surface area (Å²) in [5.74, 6) is -1.08. The van der Waals surface area contributed by atoms with Crippen molar-refractivity contribution in [3.63, 3.8) is 0 Å². The average molecular weight is 468 g/mol. The Labute approximate surface area is 182 Å². The second-order valence-electron chi connectivity index (χ2n) is 6.76. The van der Waals surface area contributed by atoms with Gasteiger partial charge in [-0.25, -0.2) is 17.4 Å². The third-order valence-corrected chi connectivity index (χ3v) is 6.30. The zero-order valence-electron chi connectivity index (χ0n) is 17.2. The molecule has 0 unspecified atom stereocenters. The second kappa shape index (κ2) is 8.63. The highest BCUT2D eigenvalue weighted by Crippen LogP contribution is 2.34. The number of hydrogen-bond acceptors (Lipinski definition) is 5. The number of amides is 1. The first kappa shape index (κ1) is 23.3. The molecule has 0 aliphatic rings. The van der Waals surface area contributed by atoms with Crippen LogP contribution in [0.5, 0.6) is 5.75 Å². The monoisotopic (exact) mass is 468 g/mol. The van der Waals surface area contributed by atoms with E-state index in [-0.39, 0.29) is 22.0 Å². The normalized spacial score (nSPS) is 12.1. The van der Waals surface area contributed by atoms with E-state index in [1.165, 1.54) is 45.5 Å². The summed E-state index contributed by atoms with van der Waals surface area (Å²) in [4.78, 5) is 12.5. The maximum absolute atomic E-state index is 13.8. The quantitative estimate of drug-likeness (QED) is 0.599. The molecule has 1 amide bonds. The van der Waals surface area contributed by atoms with Gasteiger partial charge in [-0.2, -0.15) is 18.3 Å². The Kier molecular flexibility index (Phi) is 6.28. The Balaban J connectivity index is 2.03. The minimum Gasteiger partial charge on any atom is -0.495 e. The number of aromatic nitrogens is 2. The van der Waals surface area contributed by atoms with Gasteiger partial charge in [0.15, 0.2) is 5.69 Å². The summed E-state index contributed by atoms with van der Waals surface area (Å²) < 4.78 is 73.1. The van der Waals surface area contributed by atoms with Crippen molar-refractivity contribution in [3.8, 4) is 11.4 Å². The van der Waals surface area contributed by atoms with Crippen molar-refractivity contribution in [3.05, 3.63) is 66.0 Å². The summed E-state index contributed by atoms with van der Waals surface area (Å²) in [5.41, 5.74) is -1.87. The minimum absolute atomic E-state index is 0.0181. The molecule has 12 heteroatoms. The van der Waals surface area contributed by atoms with E-state index in [1.54, 1.807) is 18.2 Å². The van der Waals surface area contributed by atoms with Crippen LogP contribution in [0.15, 0.2) is 59.6 Å². The Bertz CT molecular complexity index is 1240. The van der Waals surface area contributed by atoms with Gasteiger partial charge in [0.25, 0.3) is 5.91 Å². The molecule has 1 aromatic heterocycles. The van der Waals surface area contributed by atoms with Crippen LogP contribution in [-0.4, -0.2) is 49.6 Å². The summed E-state index contributed by atoms with van der Waals surface area (Å²) >= 11 is 0. The van der Waals surface area contributed by atoms with Gasteiger partial charge >= 0.3 is 6.18 Å². The molecule has 1 heterocycles. The lowest BCUT2D eigenvalue weighted by Crippen LogP contribution is -2.23. The number of sulfonamides is 1. The van der Waals surface area contributed by atoms with Crippen molar-refractivity contribution in [1.29, 1.82) is 0 Å². The third-order valence-electron chi connectivity index (χ3n) is 4.46. The summed E-state index contributed by atoms with van der Waals surface area (Å²) in [5, 5.41) is 6.04. The van der Waals surface area contributed by atoms with Gasteiger partial charge < -0.3 is 10.1 Å². The molecule has 3 aromatic rings. The molecule has 0 bridgehead atoms. The van der Waals surface area contributed by atoms with Gasteiger partial charge in [0.05, 0.1) is 24.6 Å². The zero-order valence-corrected chi connectivity index (χ0v) is 18.0. The van der Waals surface area contributed by atoms with Gasteiger partial charge in [-0.05, 0) is 30.3 Å². The van der Waals surface area contributed by atoms with E-state index in [1.807, 2.05) is 0 Å². The maximum atomic E-state index is 13.8. The van der Waals surface area contributed by atoms with Crippen molar-refractivity contribution >= 4 is 21.6 Å². The van der Waals surface area contributed by atoms with E-state index in [0.29, 0.717) is 4.68 Å². The van der Waals surface area contributed by atoms with Crippen LogP contribution >= 0.6 is 0 Å². The lowest BCUT2D eigenvalue weighted by Gasteiger charge is -2.16. The van der Waals surface area contributed by atoms with Crippen LogP contribution in [0.2, 0.25) is 0 Å². The Hall–Kier alpha value is -3.38. The fourth-order valence-corrected chi connectivity index (χ4v) is 3.98. The lowest BCUT2D eigenvalue weighted by molar-refractivity contribution is -0.143. The first-order chi connectivity index (χ1) is 15.0. The van der Waals surface area contributed by atoms with Crippen LogP contribution < -0.4 is 10.1 Å². The van der Waals surface area contributed by atoms with Crippen LogP contribution in [0.1, 0.15) is 16.1 Å². The molecule has 2 aromatic carbocycles. The van der Waals surface area contributed by atoms with Gasteiger partial charge in [0, 0.05) is 19.8 Å². The van der Waals surface area contributed by atoms with Crippen molar-refractivity contribution in [2.45, 2.75) is 11.1 Å². The molecule has 0 radical (unpaired) electrons. The maximum Gasteiger partial charge on any atom is 0.434 e. The minimum atomic E-state index is -4.88. The Morgan fingerprint density at radius 3 is 2.34 bits per heavy atom. The SMILES string of the molecule is COc1ccc(NC(=O)c2cnn(-c3ccccc3)c2C(F)(F)F)cc1S(=O)(=O)N(C)C. The number of nitrogens with zero attached hydrogens (tertiary/aromatic N) is 3. The van der Waals surface area contributed by atoms with Gasteiger partial charge in [-0.15, -0.1) is 0 Å². The number of alkyl halides is 3. The van der Waals surface area contributed by atoms with Gasteiger partial charge in [0.1, 0.15) is 10.6 Å². The van der Waals surface area contributed by atoms with Gasteiger partial charge in [-0.3, -0.25) is 4.79 Å². The van der Waals surface area contributed by atoms with E-state index >= 15 is 0 Å². The summed E-state index contributed by atoms with van der Waals surface area (Å²) in [6.07, 6.45) is -4.06. The molecule has 0 saturated carbocycles. The topological polar surface area (TPSA) is 93.5 Å². The van der Waals surface area contributed by atoms with E-state index in [9.17, 15) is 26.4 Å². The van der Waals surface area contributed by atoms with Crippen molar-refractivity contribution in [2.75, 3.05) is 26.5 Å². The molecule has 8 nitrogen and oxygen atoms in total.